The minimum Gasteiger partial charge on any atom is -0.494 e. The van der Waals surface area contributed by atoms with Crippen LogP contribution in [-0.4, -0.2) is 36.9 Å². The summed E-state index contributed by atoms with van der Waals surface area (Å²) in [6, 6.07) is 14.6. The van der Waals surface area contributed by atoms with E-state index in [2.05, 4.69) is 17.6 Å². The van der Waals surface area contributed by atoms with E-state index in [1.807, 2.05) is 36.4 Å². The molecule has 2 aromatic rings. The molecule has 0 radical (unpaired) electrons. The standard InChI is InChI=1S/C26H34N2O4S/c1-2-3-4-5-6-17-30-22-13-9-20(10-14-22)25(29)28-26(33)27-21-11-15-23(16-12-21)32-19-24-8-7-18-31-24/h9-16,24H,2-8,17-19H2,1H3,(H2,27,28,29,33). The molecule has 2 aromatic carbocycles. The zero-order valence-electron chi connectivity index (χ0n) is 19.3. The number of hydrogen-bond acceptors (Lipinski definition) is 5. The van der Waals surface area contributed by atoms with E-state index in [-0.39, 0.29) is 17.1 Å². The van der Waals surface area contributed by atoms with Gasteiger partial charge in [-0.25, -0.2) is 0 Å². The minimum atomic E-state index is -0.268. The highest BCUT2D eigenvalue weighted by atomic mass is 32.1. The number of carbonyl (C=O) groups is 1. The van der Waals surface area contributed by atoms with Gasteiger partial charge in [0.15, 0.2) is 5.11 Å². The van der Waals surface area contributed by atoms with E-state index in [0.29, 0.717) is 18.8 Å². The third-order valence-corrected chi connectivity index (χ3v) is 5.64. The molecule has 33 heavy (non-hydrogen) atoms. The van der Waals surface area contributed by atoms with Crippen LogP contribution in [0.1, 0.15) is 62.2 Å². The Morgan fingerprint density at radius 3 is 2.39 bits per heavy atom. The highest BCUT2D eigenvalue weighted by molar-refractivity contribution is 7.80. The van der Waals surface area contributed by atoms with Crippen LogP contribution in [0, 0.1) is 0 Å². The predicted molar refractivity (Wildman–Crippen MR) is 135 cm³/mol. The molecule has 0 bridgehead atoms. The summed E-state index contributed by atoms with van der Waals surface area (Å²) in [6.07, 6.45) is 8.31. The molecule has 0 aromatic heterocycles. The molecule has 0 saturated carbocycles. The highest BCUT2D eigenvalue weighted by Gasteiger charge is 2.16. The maximum atomic E-state index is 12.5. The number of hydrogen-bond donors (Lipinski definition) is 2. The normalized spacial score (nSPS) is 15.1. The fourth-order valence-electron chi connectivity index (χ4n) is 3.54. The smallest absolute Gasteiger partial charge is 0.257 e. The van der Waals surface area contributed by atoms with Gasteiger partial charge in [0.25, 0.3) is 5.91 Å². The van der Waals surface area contributed by atoms with Crippen molar-refractivity contribution in [3.05, 3.63) is 54.1 Å². The first-order valence-corrected chi connectivity index (χ1v) is 12.2. The van der Waals surface area contributed by atoms with Gasteiger partial charge < -0.3 is 19.5 Å². The largest absolute Gasteiger partial charge is 0.494 e. The number of rotatable bonds is 12. The van der Waals surface area contributed by atoms with E-state index in [0.717, 1.165) is 43.1 Å². The van der Waals surface area contributed by atoms with Gasteiger partial charge in [-0.1, -0.05) is 32.6 Å². The first kappa shape index (κ1) is 25.0. The number of nitrogens with one attached hydrogen (secondary N) is 2. The quantitative estimate of drug-likeness (QED) is 0.305. The Labute approximate surface area is 202 Å². The Hall–Kier alpha value is -2.64. The van der Waals surface area contributed by atoms with Crippen molar-refractivity contribution >= 4 is 28.9 Å². The van der Waals surface area contributed by atoms with E-state index >= 15 is 0 Å². The Morgan fingerprint density at radius 1 is 1.00 bits per heavy atom. The lowest BCUT2D eigenvalue weighted by atomic mass is 10.2. The van der Waals surface area contributed by atoms with Gasteiger partial charge >= 0.3 is 0 Å². The van der Waals surface area contributed by atoms with Crippen molar-refractivity contribution in [2.75, 3.05) is 25.1 Å². The van der Waals surface area contributed by atoms with Crippen LogP contribution in [-0.2, 0) is 4.74 Å². The summed E-state index contributed by atoms with van der Waals surface area (Å²) in [5.74, 6) is 1.27. The summed E-state index contributed by atoms with van der Waals surface area (Å²) >= 11 is 5.28. The van der Waals surface area contributed by atoms with Gasteiger partial charge in [0.05, 0.1) is 12.7 Å². The SMILES string of the molecule is CCCCCCCOc1ccc(C(=O)NC(=S)Nc2ccc(OCC3CCCO3)cc2)cc1. The van der Waals surface area contributed by atoms with Gasteiger partial charge in [-0.05, 0) is 80.0 Å². The average molecular weight is 471 g/mol. The molecule has 1 heterocycles. The van der Waals surface area contributed by atoms with E-state index in [9.17, 15) is 4.79 Å². The lowest BCUT2D eigenvalue weighted by molar-refractivity contribution is 0.0679. The molecule has 1 atom stereocenters. The first-order valence-electron chi connectivity index (χ1n) is 11.8. The van der Waals surface area contributed by atoms with E-state index in [4.69, 9.17) is 26.4 Å². The Kier molecular flexibility index (Phi) is 10.5. The topological polar surface area (TPSA) is 68.8 Å². The number of unbranched alkanes of at least 4 members (excludes halogenated alkanes) is 4. The number of amides is 1. The van der Waals surface area contributed by atoms with E-state index in [1.165, 1.54) is 25.7 Å². The monoisotopic (exact) mass is 470 g/mol. The van der Waals surface area contributed by atoms with Crippen LogP contribution in [0.4, 0.5) is 5.69 Å². The summed E-state index contributed by atoms with van der Waals surface area (Å²) in [7, 11) is 0. The zero-order valence-corrected chi connectivity index (χ0v) is 20.1. The van der Waals surface area contributed by atoms with Crippen molar-refractivity contribution in [2.24, 2.45) is 0 Å². The Balaban J connectivity index is 1.37. The van der Waals surface area contributed by atoms with Crippen LogP contribution < -0.4 is 20.1 Å². The Bertz CT molecular complexity index is 865. The number of anilines is 1. The second-order valence-corrected chi connectivity index (χ2v) is 8.57. The van der Waals surface area contributed by atoms with Gasteiger partial charge in [-0.3, -0.25) is 10.1 Å². The highest BCUT2D eigenvalue weighted by Crippen LogP contribution is 2.19. The van der Waals surface area contributed by atoms with Gasteiger partial charge in [0, 0.05) is 17.9 Å². The molecule has 0 aliphatic carbocycles. The number of ether oxygens (including phenoxy) is 3. The van der Waals surface area contributed by atoms with Crippen molar-refractivity contribution in [1.29, 1.82) is 0 Å². The number of carbonyl (C=O) groups excluding carboxylic acids is 1. The van der Waals surface area contributed by atoms with Crippen LogP contribution in [0.2, 0.25) is 0 Å². The van der Waals surface area contributed by atoms with E-state index < -0.39 is 0 Å². The molecular weight excluding hydrogens is 436 g/mol. The lowest BCUT2D eigenvalue weighted by Crippen LogP contribution is -2.34. The molecule has 1 amide bonds. The molecule has 7 heteroatoms. The molecule has 0 spiro atoms. The van der Waals surface area contributed by atoms with Crippen molar-refractivity contribution in [3.63, 3.8) is 0 Å². The lowest BCUT2D eigenvalue weighted by Gasteiger charge is -2.13. The number of benzene rings is 2. The van der Waals surface area contributed by atoms with Crippen molar-refractivity contribution in [1.82, 2.24) is 5.32 Å². The molecule has 2 N–H and O–H groups in total. The summed E-state index contributed by atoms with van der Waals surface area (Å²) < 4.78 is 17.1. The third kappa shape index (κ3) is 9.02. The van der Waals surface area contributed by atoms with Crippen molar-refractivity contribution in [3.8, 4) is 11.5 Å². The summed E-state index contributed by atoms with van der Waals surface area (Å²) in [5.41, 5.74) is 1.29. The molecule has 6 nitrogen and oxygen atoms in total. The third-order valence-electron chi connectivity index (χ3n) is 5.43. The van der Waals surface area contributed by atoms with Crippen molar-refractivity contribution < 1.29 is 19.0 Å². The predicted octanol–water partition coefficient (Wildman–Crippen LogP) is 5.72. The van der Waals surface area contributed by atoms with Gasteiger partial charge in [0.2, 0.25) is 0 Å². The van der Waals surface area contributed by atoms with Gasteiger partial charge in [-0.15, -0.1) is 0 Å². The molecule has 3 rings (SSSR count). The molecule has 1 unspecified atom stereocenters. The molecule has 1 aliphatic heterocycles. The molecular formula is C26H34N2O4S. The maximum Gasteiger partial charge on any atom is 0.257 e. The molecule has 178 valence electrons. The minimum absolute atomic E-state index is 0.182. The average Bonchev–Trinajstić information content (AvgIpc) is 3.35. The summed E-state index contributed by atoms with van der Waals surface area (Å²) in [4.78, 5) is 12.5. The van der Waals surface area contributed by atoms with Gasteiger partial charge in [-0.2, -0.15) is 0 Å². The maximum absolute atomic E-state index is 12.5. The van der Waals surface area contributed by atoms with Crippen molar-refractivity contribution in [2.45, 2.75) is 58.0 Å². The van der Waals surface area contributed by atoms with Crippen LogP contribution in [0.5, 0.6) is 11.5 Å². The van der Waals surface area contributed by atoms with Crippen LogP contribution in [0.15, 0.2) is 48.5 Å². The van der Waals surface area contributed by atoms with Gasteiger partial charge in [0.1, 0.15) is 18.1 Å². The molecule has 1 fully saturated rings. The first-order chi connectivity index (χ1) is 16.1. The number of thiocarbonyl (C=S) groups is 1. The Morgan fingerprint density at radius 2 is 1.70 bits per heavy atom. The summed E-state index contributed by atoms with van der Waals surface area (Å²) in [6.45, 7) is 4.28. The fraction of sp³-hybridized carbons (Fsp3) is 0.462. The second-order valence-electron chi connectivity index (χ2n) is 8.17. The second kappa shape index (κ2) is 13.8. The van der Waals surface area contributed by atoms with Crippen LogP contribution in [0.25, 0.3) is 0 Å². The van der Waals surface area contributed by atoms with Crippen LogP contribution in [0.3, 0.4) is 0 Å². The van der Waals surface area contributed by atoms with Crippen LogP contribution >= 0.6 is 12.2 Å². The van der Waals surface area contributed by atoms with E-state index in [1.54, 1.807) is 12.1 Å². The fourth-order valence-corrected chi connectivity index (χ4v) is 3.75. The molecule has 1 aliphatic rings. The summed E-state index contributed by atoms with van der Waals surface area (Å²) in [5, 5.41) is 5.96. The molecule has 1 saturated heterocycles. The zero-order chi connectivity index (χ0) is 23.3.